The summed E-state index contributed by atoms with van der Waals surface area (Å²) in [4.78, 5) is 16.4. The monoisotopic (exact) mass is 526 g/mol. The zero-order valence-corrected chi connectivity index (χ0v) is 19.3. The summed E-state index contributed by atoms with van der Waals surface area (Å²) in [5, 5.41) is 9.07. The zero-order valence-electron chi connectivity index (χ0n) is 15.4. The highest BCUT2D eigenvalue weighted by Crippen LogP contribution is 2.23. The van der Waals surface area contributed by atoms with Gasteiger partial charge < -0.3 is 20.7 Å². The van der Waals surface area contributed by atoms with E-state index < -0.39 is 0 Å². The number of carbonyl (C=O) groups is 1. The quantitative estimate of drug-likeness (QED) is 0.302. The van der Waals surface area contributed by atoms with E-state index in [1.165, 1.54) is 0 Å². The Hall–Kier alpha value is -1.03. The van der Waals surface area contributed by atoms with E-state index in [2.05, 4.69) is 36.9 Å². The number of aliphatic imine (C=N–C) groups is 1. The van der Waals surface area contributed by atoms with Crippen molar-refractivity contribution in [2.24, 2.45) is 4.99 Å². The lowest BCUT2D eigenvalue weighted by Gasteiger charge is -2.21. The van der Waals surface area contributed by atoms with Gasteiger partial charge in [-0.2, -0.15) is 0 Å². The third kappa shape index (κ3) is 9.88. The van der Waals surface area contributed by atoms with Gasteiger partial charge >= 0.3 is 0 Å². The first kappa shape index (κ1) is 24.0. The normalized spacial score (nSPS) is 11.4. The first-order valence-corrected chi connectivity index (χ1v) is 8.70. The van der Waals surface area contributed by atoms with E-state index in [-0.39, 0.29) is 42.0 Å². The van der Waals surface area contributed by atoms with Crippen LogP contribution in [-0.4, -0.2) is 37.6 Å². The summed E-state index contributed by atoms with van der Waals surface area (Å²) >= 11 is 3.45. The average molecular weight is 527 g/mol. The highest BCUT2D eigenvalue weighted by atomic mass is 127. The number of methoxy groups -OCH3 is 1. The van der Waals surface area contributed by atoms with Gasteiger partial charge in [0.2, 0.25) is 5.91 Å². The van der Waals surface area contributed by atoms with Crippen LogP contribution < -0.4 is 20.7 Å². The standard InChI is InChI=1S/C17H27BrN4O2.HI/c1-6-19-16(21-11-15(23)22-17(2,3)4)20-10-12-9-13(18)7-8-14(12)24-5;/h7-9H,6,10-11H2,1-5H3,(H,22,23)(H2,19,20,21);1H. The lowest BCUT2D eigenvalue weighted by molar-refractivity contribution is -0.121. The number of rotatable bonds is 6. The van der Waals surface area contributed by atoms with Gasteiger partial charge in [-0.15, -0.1) is 24.0 Å². The molecular formula is C17H28BrIN4O2. The van der Waals surface area contributed by atoms with E-state index in [4.69, 9.17) is 4.74 Å². The Morgan fingerprint density at radius 3 is 2.52 bits per heavy atom. The van der Waals surface area contributed by atoms with Crippen LogP contribution in [0.15, 0.2) is 27.7 Å². The van der Waals surface area contributed by atoms with Gasteiger partial charge in [0, 0.05) is 22.1 Å². The fourth-order valence-electron chi connectivity index (χ4n) is 2.00. The topological polar surface area (TPSA) is 74.8 Å². The maximum Gasteiger partial charge on any atom is 0.239 e. The Kier molecular flexibility index (Phi) is 11.1. The van der Waals surface area contributed by atoms with Gasteiger partial charge in [0.1, 0.15) is 5.75 Å². The minimum absolute atomic E-state index is 0. The van der Waals surface area contributed by atoms with E-state index in [1.54, 1.807) is 7.11 Å². The van der Waals surface area contributed by atoms with Crippen LogP contribution in [0.2, 0.25) is 0 Å². The molecule has 0 spiro atoms. The van der Waals surface area contributed by atoms with Gasteiger partial charge in [0.25, 0.3) is 0 Å². The molecule has 6 nitrogen and oxygen atoms in total. The summed E-state index contributed by atoms with van der Waals surface area (Å²) in [5.41, 5.74) is 0.709. The molecule has 8 heteroatoms. The van der Waals surface area contributed by atoms with Crippen molar-refractivity contribution in [1.29, 1.82) is 0 Å². The Bertz CT molecular complexity index is 589. The molecule has 0 aliphatic rings. The maximum atomic E-state index is 11.9. The van der Waals surface area contributed by atoms with Gasteiger partial charge in [-0.1, -0.05) is 15.9 Å². The van der Waals surface area contributed by atoms with Crippen molar-refractivity contribution < 1.29 is 9.53 Å². The van der Waals surface area contributed by atoms with Crippen molar-refractivity contribution in [1.82, 2.24) is 16.0 Å². The third-order valence-corrected chi connectivity index (χ3v) is 3.42. The molecule has 1 amide bonds. The predicted molar refractivity (Wildman–Crippen MR) is 117 cm³/mol. The second-order valence-electron chi connectivity index (χ2n) is 6.30. The third-order valence-electron chi connectivity index (χ3n) is 2.92. The van der Waals surface area contributed by atoms with E-state index in [1.807, 2.05) is 45.9 Å². The second kappa shape index (κ2) is 11.6. The number of nitrogens with one attached hydrogen (secondary N) is 3. The number of halogens is 2. The minimum Gasteiger partial charge on any atom is -0.496 e. The first-order chi connectivity index (χ1) is 11.2. The highest BCUT2D eigenvalue weighted by molar-refractivity contribution is 14.0. The van der Waals surface area contributed by atoms with Crippen LogP contribution in [0.1, 0.15) is 33.3 Å². The van der Waals surface area contributed by atoms with Gasteiger partial charge in [-0.3, -0.25) is 4.79 Å². The smallest absolute Gasteiger partial charge is 0.239 e. The molecule has 0 saturated heterocycles. The lowest BCUT2D eigenvalue weighted by Crippen LogP contribution is -2.48. The van der Waals surface area contributed by atoms with Crippen molar-refractivity contribution >= 4 is 51.8 Å². The number of hydrogen-bond donors (Lipinski definition) is 3. The van der Waals surface area contributed by atoms with Crippen molar-refractivity contribution in [3.63, 3.8) is 0 Å². The lowest BCUT2D eigenvalue weighted by atomic mass is 10.1. The van der Waals surface area contributed by atoms with Crippen LogP contribution in [0.4, 0.5) is 0 Å². The molecule has 0 unspecified atom stereocenters. The Labute approximate surface area is 175 Å². The van der Waals surface area contributed by atoms with Crippen LogP contribution in [-0.2, 0) is 11.3 Å². The number of benzene rings is 1. The molecule has 0 atom stereocenters. The summed E-state index contributed by atoms with van der Waals surface area (Å²) < 4.78 is 6.32. The molecule has 0 fully saturated rings. The average Bonchev–Trinajstić information content (AvgIpc) is 2.48. The molecule has 0 aromatic heterocycles. The van der Waals surface area contributed by atoms with E-state index >= 15 is 0 Å². The summed E-state index contributed by atoms with van der Waals surface area (Å²) in [6, 6.07) is 5.79. The van der Waals surface area contributed by atoms with Gasteiger partial charge in [0.05, 0.1) is 20.2 Å². The van der Waals surface area contributed by atoms with Crippen LogP contribution in [0, 0.1) is 0 Å². The van der Waals surface area contributed by atoms with Crippen LogP contribution in [0.3, 0.4) is 0 Å². The van der Waals surface area contributed by atoms with E-state index in [0.717, 1.165) is 15.8 Å². The fourth-order valence-corrected chi connectivity index (χ4v) is 2.41. The zero-order chi connectivity index (χ0) is 18.2. The largest absolute Gasteiger partial charge is 0.496 e. The van der Waals surface area contributed by atoms with E-state index in [9.17, 15) is 4.79 Å². The van der Waals surface area contributed by atoms with Gasteiger partial charge in [0.15, 0.2) is 5.96 Å². The van der Waals surface area contributed by atoms with Crippen LogP contribution >= 0.6 is 39.9 Å². The highest BCUT2D eigenvalue weighted by Gasteiger charge is 2.13. The molecule has 1 aromatic rings. The number of nitrogens with zero attached hydrogens (tertiary/aromatic N) is 1. The van der Waals surface area contributed by atoms with Crippen LogP contribution in [0.5, 0.6) is 5.75 Å². The molecule has 0 aliphatic heterocycles. The Morgan fingerprint density at radius 1 is 1.28 bits per heavy atom. The molecule has 25 heavy (non-hydrogen) atoms. The predicted octanol–water partition coefficient (Wildman–Crippen LogP) is 3.05. The maximum absolute atomic E-state index is 11.9. The van der Waals surface area contributed by atoms with Crippen molar-refractivity contribution in [3.05, 3.63) is 28.2 Å². The van der Waals surface area contributed by atoms with Crippen molar-refractivity contribution in [3.8, 4) is 5.75 Å². The SMILES string of the molecule is CCNC(=NCc1cc(Br)ccc1OC)NCC(=O)NC(C)(C)C.I. The minimum atomic E-state index is -0.252. The number of guanidine groups is 1. The molecule has 0 radical (unpaired) electrons. The first-order valence-electron chi connectivity index (χ1n) is 7.90. The molecule has 142 valence electrons. The Balaban J connectivity index is 0.00000576. The van der Waals surface area contributed by atoms with Crippen LogP contribution in [0.25, 0.3) is 0 Å². The van der Waals surface area contributed by atoms with Crippen molar-refractivity contribution in [2.45, 2.75) is 39.8 Å². The molecule has 1 aromatic carbocycles. The molecule has 3 N–H and O–H groups in total. The number of amides is 1. The number of hydrogen-bond acceptors (Lipinski definition) is 3. The Morgan fingerprint density at radius 2 is 1.96 bits per heavy atom. The molecular weight excluding hydrogens is 499 g/mol. The summed E-state index contributed by atoms with van der Waals surface area (Å²) in [6.45, 7) is 9.14. The molecule has 0 heterocycles. The molecule has 0 bridgehead atoms. The van der Waals surface area contributed by atoms with Crippen molar-refractivity contribution in [2.75, 3.05) is 20.2 Å². The molecule has 0 aliphatic carbocycles. The summed E-state index contributed by atoms with van der Waals surface area (Å²) in [6.07, 6.45) is 0. The number of carbonyl (C=O) groups excluding carboxylic acids is 1. The van der Waals surface area contributed by atoms with E-state index in [0.29, 0.717) is 19.0 Å². The number of ether oxygens (including phenoxy) is 1. The summed E-state index contributed by atoms with van der Waals surface area (Å²) in [7, 11) is 1.64. The fraction of sp³-hybridized carbons (Fsp3) is 0.529. The van der Waals surface area contributed by atoms with Gasteiger partial charge in [-0.25, -0.2) is 4.99 Å². The molecule has 1 rings (SSSR count). The second-order valence-corrected chi connectivity index (χ2v) is 7.22. The summed E-state index contributed by atoms with van der Waals surface area (Å²) in [5.74, 6) is 1.29. The molecule has 0 saturated carbocycles. The van der Waals surface area contributed by atoms with Gasteiger partial charge in [-0.05, 0) is 45.9 Å².